The van der Waals surface area contributed by atoms with Crippen LogP contribution in [-0.2, 0) is 9.53 Å². The van der Waals surface area contributed by atoms with Crippen molar-refractivity contribution < 1.29 is 19.4 Å². The summed E-state index contributed by atoms with van der Waals surface area (Å²) in [7, 11) is 0. The van der Waals surface area contributed by atoms with E-state index >= 15 is 0 Å². The number of nitrogens with zero attached hydrogens (tertiary/aromatic N) is 3. The Kier molecular flexibility index (Phi) is 5.06. The molecule has 7 nitrogen and oxygen atoms in total. The van der Waals surface area contributed by atoms with E-state index in [0.29, 0.717) is 0 Å². The SMILES string of the molecule is C=CCOC(=O)N(CC(=O)O)c1ccc(Cl)nn1. The van der Waals surface area contributed by atoms with Gasteiger partial charge in [0.05, 0.1) is 0 Å². The quantitative estimate of drug-likeness (QED) is 0.813. The van der Waals surface area contributed by atoms with Crippen molar-refractivity contribution in [2.24, 2.45) is 0 Å². The van der Waals surface area contributed by atoms with Crippen LogP contribution in [-0.4, -0.2) is 40.5 Å². The van der Waals surface area contributed by atoms with Gasteiger partial charge in [-0.05, 0) is 12.1 Å². The third kappa shape index (κ3) is 4.02. The summed E-state index contributed by atoms with van der Waals surface area (Å²) in [6.45, 7) is 2.76. The molecule has 0 saturated heterocycles. The van der Waals surface area contributed by atoms with E-state index in [1.165, 1.54) is 18.2 Å². The molecule has 1 aromatic rings. The molecular formula is C10H10ClN3O4. The summed E-state index contributed by atoms with van der Waals surface area (Å²) in [5.41, 5.74) is 0. The lowest BCUT2D eigenvalue weighted by atomic mass is 10.4. The molecule has 96 valence electrons. The van der Waals surface area contributed by atoms with Crippen LogP contribution in [0.3, 0.4) is 0 Å². The molecule has 1 amide bonds. The number of carbonyl (C=O) groups is 2. The summed E-state index contributed by atoms with van der Waals surface area (Å²) < 4.78 is 4.74. The lowest BCUT2D eigenvalue weighted by Gasteiger charge is -2.18. The van der Waals surface area contributed by atoms with Crippen molar-refractivity contribution >= 4 is 29.5 Å². The van der Waals surface area contributed by atoms with E-state index in [0.717, 1.165) is 4.90 Å². The Morgan fingerprint density at radius 3 is 2.72 bits per heavy atom. The number of rotatable bonds is 5. The van der Waals surface area contributed by atoms with E-state index in [1.54, 1.807) is 0 Å². The molecule has 0 spiro atoms. The summed E-state index contributed by atoms with van der Waals surface area (Å²) >= 11 is 5.55. The van der Waals surface area contributed by atoms with Crippen molar-refractivity contribution in [3.63, 3.8) is 0 Å². The van der Waals surface area contributed by atoms with E-state index in [9.17, 15) is 9.59 Å². The van der Waals surface area contributed by atoms with Gasteiger partial charge in [0.25, 0.3) is 0 Å². The van der Waals surface area contributed by atoms with Gasteiger partial charge in [-0.3, -0.25) is 4.79 Å². The first-order chi connectivity index (χ1) is 8.54. The second-order valence-corrected chi connectivity index (χ2v) is 3.45. The second kappa shape index (κ2) is 6.55. The standard InChI is InChI=1S/C10H10ClN3O4/c1-2-5-18-10(17)14(6-9(15)16)8-4-3-7(11)12-13-8/h2-4H,1,5-6H2,(H,15,16). The van der Waals surface area contributed by atoms with Crippen LogP contribution >= 0.6 is 11.6 Å². The number of hydrogen-bond acceptors (Lipinski definition) is 5. The lowest BCUT2D eigenvalue weighted by Crippen LogP contribution is -2.37. The number of carbonyl (C=O) groups excluding carboxylic acids is 1. The third-order valence-corrected chi connectivity index (χ3v) is 1.93. The fraction of sp³-hybridized carbons (Fsp3) is 0.200. The van der Waals surface area contributed by atoms with Crippen molar-refractivity contribution in [1.82, 2.24) is 10.2 Å². The molecule has 18 heavy (non-hydrogen) atoms. The lowest BCUT2D eigenvalue weighted by molar-refractivity contribution is -0.135. The van der Waals surface area contributed by atoms with Gasteiger partial charge in [-0.25, -0.2) is 9.69 Å². The summed E-state index contributed by atoms with van der Waals surface area (Å²) in [6, 6.07) is 2.76. The smallest absolute Gasteiger partial charge is 0.416 e. The van der Waals surface area contributed by atoms with Gasteiger partial charge in [0.1, 0.15) is 13.2 Å². The minimum atomic E-state index is -1.21. The van der Waals surface area contributed by atoms with Gasteiger partial charge in [0, 0.05) is 0 Å². The average Bonchev–Trinajstić information content (AvgIpc) is 2.34. The first kappa shape index (κ1) is 13.9. The molecule has 0 unspecified atom stereocenters. The Labute approximate surface area is 108 Å². The Bertz CT molecular complexity index is 449. The van der Waals surface area contributed by atoms with Crippen LogP contribution in [0.5, 0.6) is 0 Å². The highest BCUT2D eigenvalue weighted by Crippen LogP contribution is 2.13. The van der Waals surface area contributed by atoms with Crippen LogP contribution in [0.25, 0.3) is 0 Å². The Morgan fingerprint density at radius 1 is 1.50 bits per heavy atom. The molecule has 0 aliphatic carbocycles. The number of amides is 1. The molecule has 1 N–H and O–H groups in total. The summed E-state index contributed by atoms with van der Waals surface area (Å²) in [5.74, 6) is -1.17. The van der Waals surface area contributed by atoms with Gasteiger partial charge in [-0.15, -0.1) is 10.2 Å². The molecule has 1 rings (SSSR count). The number of aliphatic carboxylic acids is 1. The minimum absolute atomic E-state index is 0.0318. The van der Waals surface area contributed by atoms with Gasteiger partial charge in [0.2, 0.25) is 0 Å². The van der Waals surface area contributed by atoms with E-state index in [-0.39, 0.29) is 17.6 Å². The minimum Gasteiger partial charge on any atom is -0.480 e. The van der Waals surface area contributed by atoms with Crippen molar-refractivity contribution in [2.75, 3.05) is 18.1 Å². The Hall–Kier alpha value is -2.15. The third-order valence-electron chi connectivity index (χ3n) is 1.73. The molecule has 0 bridgehead atoms. The molecule has 0 aliphatic rings. The fourth-order valence-electron chi connectivity index (χ4n) is 1.04. The largest absolute Gasteiger partial charge is 0.480 e. The number of hydrogen-bond donors (Lipinski definition) is 1. The zero-order valence-electron chi connectivity index (χ0n) is 9.24. The maximum atomic E-state index is 11.6. The maximum Gasteiger partial charge on any atom is 0.416 e. The topological polar surface area (TPSA) is 92.6 Å². The molecule has 8 heteroatoms. The average molecular weight is 272 g/mol. The van der Waals surface area contributed by atoms with Crippen molar-refractivity contribution in [2.45, 2.75) is 0 Å². The monoisotopic (exact) mass is 271 g/mol. The first-order valence-corrected chi connectivity index (χ1v) is 5.18. The number of aromatic nitrogens is 2. The van der Waals surface area contributed by atoms with Gasteiger partial charge < -0.3 is 9.84 Å². The zero-order valence-corrected chi connectivity index (χ0v) is 10.0. The number of ether oxygens (including phenoxy) is 1. The van der Waals surface area contributed by atoms with E-state index < -0.39 is 18.6 Å². The predicted octanol–water partition coefficient (Wildman–Crippen LogP) is 1.34. The normalized spacial score (nSPS) is 9.61. The van der Waals surface area contributed by atoms with Crippen molar-refractivity contribution in [3.8, 4) is 0 Å². The molecule has 0 radical (unpaired) electrons. The maximum absolute atomic E-state index is 11.6. The molecule has 0 fully saturated rings. The number of carboxylic acid groups (broad SMARTS) is 1. The molecular weight excluding hydrogens is 262 g/mol. The number of carboxylic acids is 1. The highest BCUT2D eigenvalue weighted by atomic mass is 35.5. The van der Waals surface area contributed by atoms with Crippen molar-refractivity contribution in [1.29, 1.82) is 0 Å². The van der Waals surface area contributed by atoms with Crippen molar-refractivity contribution in [3.05, 3.63) is 29.9 Å². The van der Waals surface area contributed by atoms with Crippen LogP contribution in [0.4, 0.5) is 10.6 Å². The van der Waals surface area contributed by atoms with Crippen LogP contribution in [0, 0.1) is 0 Å². The highest BCUT2D eigenvalue weighted by Gasteiger charge is 2.21. The zero-order chi connectivity index (χ0) is 13.5. The first-order valence-electron chi connectivity index (χ1n) is 4.81. The van der Waals surface area contributed by atoms with E-state index in [4.69, 9.17) is 21.4 Å². The Morgan fingerprint density at radius 2 is 2.22 bits per heavy atom. The number of halogens is 1. The predicted molar refractivity (Wildman–Crippen MR) is 63.6 cm³/mol. The van der Waals surface area contributed by atoms with Crippen LogP contribution in [0.15, 0.2) is 24.8 Å². The summed E-state index contributed by atoms with van der Waals surface area (Å²) in [5, 5.41) is 16.0. The van der Waals surface area contributed by atoms with Crippen LogP contribution < -0.4 is 4.90 Å². The van der Waals surface area contributed by atoms with Gasteiger partial charge in [-0.1, -0.05) is 24.3 Å². The molecule has 0 aromatic carbocycles. The fourth-order valence-corrected chi connectivity index (χ4v) is 1.14. The van der Waals surface area contributed by atoms with Gasteiger partial charge in [-0.2, -0.15) is 0 Å². The molecule has 1 aromatic heterocycles. The van der Waals surface area contributed by atoms with Gasteiger partial charge in [0.15, 0.2) is 11.0 Å². The molecule has 0 aliphatic heterocycles. The van der Waals surface area contributed by atoms with E-state index in [2.05, 4.69) is 16.8 Å². The second-order valence-electron chi connectivity index (χ2n) is 3.06. The highest BCUT2D eigenvalue weighted by molar-refractivity contribution is 6.29. The summed E-state index contributed by atoms with van der Waals surface area (Å²) in [6.07, 6.45) is 0.513. The van der Waals surface area contributed by atoms with Crippen LogP contribution in [0.2, 0.25) is 5.15 Å². The van der Waals surface area contributed by atoms with Crippen LogP contribution in [0.1, 0.15) is 0 Å². The van der Waals surface area contributed by atoms with Gasteiger partial charge >= 0.3 is 12.1 Å². The molecule has 0 saturated carbocycles. The molecule has 0 atom stereocenters. The number of anilines is 1. The molecule has 1 heterocycles. The summed E-state index contributed by atoms with van der Waals surface area (Å²) in [4.78, 5) is 23.1. The van der Waals surface area contributed by atoms with E-state index in [1.807, 2.05) is 0 Å². The Balaban J connectivity index is 2.89.